The molecular formula is C15H18FN7O3S. The van der Waals surface area contributed by atoms with Crippen molar-refractivity contribution in [3.8, 4) is 0 Å². The Morgan fingerprint density at radius 3 is 2.93 bits per heavy atom. The number of nitrogens with one attached hydrogen (secondary N) is 3. The summed E-state index contributed by atoms with van der Waals surface area (Å²) in [6, 6.07) is 3.69. The van der Waals surface area contributed by atoms with E-state index in [4.69, 9.17) is 14.8 Å². The molecule has 0 amide bonds. The molecule has 2 aromatic rings. The molecule has 1 saturated heterocycles. The van der Waals surface area contributed by atoms with E-state index in [1.54, 1.807) is 6.07 Å². The fraction of sp³-hybridized carbons (Fsp3) is 0.400. The number of nitrogens with zero attached hydrogens (tertiary/aromatic N) is 4. The zero-order valence-corrected chi connectivity index (χ0v) is 15.2. The first-order chi connectivity index (χ1) is 12.7. The van der Waals surface area contributed by atoms with E-state index in [-0.39, 0.29) is 23.4 Å². The SMILES string of the molecule is CS(=N)(=O)N1CC(Nc2nonc2C(=N)N(O)[C@H]2Cc3ccc(F)cc32)C1. The van der Waals surface area contributed by atoms with Crippen molar-refractivity contribution >= 4 is 21.6 Å². The van der Waals surface area contributed by atoms with Crippen LogP contribution in [0.1, 0.15) is 22.9 Å². The van der Waals surface area contributed by atoms with Gasteiger partial charge in [0.25, 0.3) is 0 Å². The van der Waals surface area contributed by atoms with Crippen LogP contribution < -0.4 is 5.32 Å². The summed E-state index contributed by atoms with van der Waals surface area (Å²) in [4.78, 5) is 0. The van der Waals surface area contributed by atoms with Crippen LogP contribution in [0.4, 0.5) is 10.2 Å². The first-order valence-corrected chi connectivity index (χ1v) is 10.1. The molecule has 0 saturated carbocycles. The molecule has 0 spiro atoms. The number of fused-ring (bicyclic) bond motifs is 1. The maximum absolute atomic E-state index is 13.4. The summed E-state index contributed by atoms with van der Waals surface area (Å²) in [5.74, 6) is -0.551. The number of anilines is 1. The third kappa shape index (κ3) is 3.15. The molecule has 0 radical (unpaired) electrons. The second-order valence-electron chi connectivity index (χ2n) is 6.71. The molecule has 1 aromatic heterocycles. The maximum atomic E-state index is 13.4. The van der Waals surface area contributed by atoms with Gasteiger partial charge in [0, 0.05) is 19.3 Å². The summed E-state index contributed by atoms with van der Waals surface area (Å²) in [5.41, 5.74) is 1.55. The van der Waals surface area contributed by atoms with Gasteiger partial charge in [-0.15, -0.1) is 0 Å². The summed E-state index contributed by atoms with van der Waals surface area (Å²) in [7, 11) is -2.74. The maximum Gasteiger partial charge on any atom is 0.202 e. The number of aromatic nitrogens is 2. The highest BCUT2D eigenvalue weighted by atomic mass is 32.2. The van der Waals surface area contributed by atoms with Gasteiger partial charge in [-0.2, -0.15) is 0 Å². The molecule has 27 heavy (non-hydrogen) atoms. The van der Waals surface area contributed by atoms with Crippen molar-refractivity contribution in [1.29, 1.82) is 10.2 Å². The first-order valence-electron chi connectivity index (χ1n) is 8.17. The van der Waals surface area contributed by atoms with Crippen LogP contribution in [0.25, 0.3) is 0 Å². The van der Waals surface area contributed by atoms with Gasteiger partial charge in [-0.25, -0.2) is 27.4 Å². The van der Waals surface area contributed by atoms with Gasteiger partial charge < -0.3 is 5.32 Å². The lowest BCUT2D eigenvalue weighted by Gasteiger charge is -2.39. The van der Waals surface area contributed by atoms with Crippen molar-refractivity contribution in [3.63, 3.8) is 0 Å². The van der Waals surface area contributed by atoms with Crippen molar-refractivity contribution in [2.75, 3.05) is 24.7 Å². The van der Waals surface area contributed by atoms with E-state index in [1.165, 1.54) is 22.7 Å². The molecule has 10 nitrogen and oxygen atoms in total. The molecule has 1 aliphatic heterocycles. The second kappa shape index (κ2) is 6.25. The van der Waals surface area contributed by atoms with Gasteiger partial charge >= 0.3 is 0 Å². The zero-order valence-electron chi connectivity index (χ0n) is 14.3. The van der Waals surface area contributed by atoms with E-state index in [0.29, 0.717) is 25.1 Å². The topological polar surface area (TPSA) is 142 Å². The second-order valence-corrected chi connectivity index (χ2v) is 8.83. The number of halogens is 1. The molecule has 1 fully saturated rings. The van der Waals surface area contributed by atoms with E-state index in [0.717, 1.165) is 10.6 Å². The average molecular weight is 395 g/mol. The first kappa shape index (κ1) is 17.8. The van der Waals surface area contributed by atoms with Crippen LogP contribution >= 0.6 is 0 Å². The fourth-order valence-electron chi connectivity index (χ4n) is 3.18. The summed E-state index contributed by atoms with van der Waals surface area (Å²) in [5, 5.41) is 29.7. The van der Waals surface area contributed by atoms with Crippen molar-refractivity contribution in [3.05, 3.63) is 40.8 Å². The van der Waals surface area contributed by atoms with Gasteiger partial charge in [0.2, 0.25) is 5.82 Å². The Kier molecular flexibility index (Phi) is 4.13. The van der Waals surface area contributed by atoms with Gasteiger partial charge in [0.1, 0.15) is 15.7 Å². The van der Waals surface area contributed by atoms with Gasteiger partial charge in [-0.3, -0.25) is 10.6 Å². The summed E-state index contributed by atoms with van der Waals surface area (Å²) < 4.78 is 38.8. The minimum Gasteiger partial charge on any atom is -0.360 e. The lowest BCUT2D eigenvalue weighted by Crippen LogP contribution is -2.56. The van der Waals surface area contributed by atoms with Crippen LogP contribution in [0.3, 0.4) is 0 Å². The number of benzene rings is 1. The van der Waals surface area contributed by atoms with Gasteiger partial charge in [0.05, 0.1) is 12.1 Å². The van der Waals surface area contributed by atoms with E-state index < -0.39 is 21.8 Å². The molecule has 2 atom stereocenters. The third-order valence-corrected chi connectivity index (χ3v) is 6.08. The molecule has 2 heterocycles. The molecule has 1 aliphatic carbocycles. The number of amidine groups is 1. The highest BCUT2D eigenvalue weighted by Gasteiger charge is 2.36. The van der Waals surface area contributed by atoms with Gasteiger partial charge in [0.15, 0.2) is 11.5 Å². The average Bonchev–Trinajstić information content (AvgIpc) is 2.99. The van der Waals surface area contributed by atoms with Crippen molar-refractivity contribution in [2.45, 2.75) is 18.5 Å². The smallest absolute Gasteiger partial charge is 0.202 e. The Hall–Kier alpha value is -2.57. The number of hydrogen-bond acceptors (Lipinski definition) is 8. The molecular weight excluding hydrogens is 377 g/mol. The quantitative estimate of drug-likeness (QED) is 0.338. The standard InChI is InChI=1S/C15H18FN7O3S/c1-27(18,25)22-6-10(7-22)19-15-13(20-26-21-15)14(17)23(24)12-4-8-2-3-9(16)5-11(8)12/h2-3,5,10,12,17-18,24H,4,6-7H2,1H3,(H,19,21)/t12-,27?/m0/s1. The zero-order chi connectivity index (χ0) is 19.3. The lowest BCUT2D eigenvalue weighted by molar-refractivity contribution is -0.0632. The van der Waals surface area contributed by atoms with Crippen molar-refractivity contribution < 1.29 is 18.4 Å². The van der Waals surface area contributed by atoms with E-state index >= 15 is 0 Å². The van der Waals surface area contributed by atoms with Gasteiger partial charge in [-0.1, -0.05) is 6.07 Å². The lowest BCUT2D eigenvalue weighted by atomic mass is 9.83. The van der Waals surface area contributed by atoms with Crippen LogP contribution in [-0.4, -0.2) is 60.3 Å². The van der Waals surface area contributed by atoms with Crippen LogP contribution in [-0.2, 0) is 16.3 Å². The van der Waals surface area contributed by atoms with E-state index in [9.17, 15) is 13.8 Å². The Labute approximate surface area is 154 Å². The number of rotatable bonds is 5. The monoisotopic (exact) mass is 395 g/mol. The van der Waals surface area contributed by atoms with Crippen LogP contribution in [0, 0.1) is 16.0 Å². The van der Waals surface area contributed by atoms with Crippen LogP contribution in [0.15, 0.2) is 22.8 Å². The van der Waals surface area contributed by atoms with Gasteiger partial charge in [-0.05, 0) is 40.0 Å². The van der Waals surface area contributed by atoms with E-state index in [2.05, 4.69) is 15.6 Å². The normalized spacial score (nSPS) is 21.5. The van der Waals surface area contributed by atoms with Crippen molar-refractivity contribution in [2.24, 2.45) is 0 Å². The molecule has 4 rings (SSSR count). The Morgan fingerprint density at radius 2 is 2.22 bits per heavy atom. The molecule has 4 N–H and O–H groups in total. The summed E-state index contributed by atoms with van der Waals surface area (Å²) in [6.45, 7) is 0.771. The summed E-state index contributed by atoms with van der Waals surface area (Å²) >= 11 is 0. The Balaban J connectivity index is 1.44. The van der Waals surface area contributed by atoms with Crippen molar-refractivity contribution in [1.82, 2.24) is 19.7 Å². The molecule has 2 aliphatic rings. The third-order valence-electron chi connectivity index (χ3n) is 4.80. The minimum atomic E-state index is -2.74. The Bertz CT molecular complexity index is 1000. The predicted molar refractivity (Wildman–Crippen MR) is 93.4 cm³/mol. The molecule has 144 valence electrons. The van der Waals surface area contributed by atoms with E-state index in [1.807, 2.05) is 0 Å². The Morgan fingerprint density at radius 1 is 1.48 bits per heavy atom. The minimum absolute atomic E-state index is 0.0175. The highest BCUT2D eigenvalue weighted by Crippen LogP contribution is 2.38. The number of hydroxylamine groups is 2. The highest BCUT2D eigenvalue weighted by molar-refractivity contribution is 7.89. The predicted octanol–water partition coefficient (Wildman–Crippen LogP) is 1.21. The van der Waals surface area contributed by atoms with Crippen LogP contribution in [0.2, 0.25) is 0 Å². The molecule has 1 aromatic carbocycles. The number of hydrogen-bond donors (Lipinski definition) is 4. The van der Waals surface area contributed by atoms with Crippen LogP contribution in [0.5, 0.6) is 0 Å². The molecule has 0 bridgehead atoms. The molecule has 1 unspecified atom stereocenters. The largest absolute Gasteiger partial charge is 0.360 e. The summed E-state index contributed by atoms with van der Waals surface area (Å²) in [6.07, 6.45) is 1.83. The molecule has 12 heteroatoms. The fourth-order valence-corrected chi connectivity index (χ4v) is 4.11.